The quantitative estimate of drug-likeness (QED) is 0.0965. The number of methoxy groups -OCH3 is 2. The van der Waals surface area contributed by atoms with Gasteiger partial charge in [0.05, 0.1) is 59.7 Å². The summed E-state index contributed by atoms with van der Waals surface area (Å²) < 4.78 is 41.3. The van der Waals surface area contributed by atoms with Crippen LogP contribution in [0.4, 0.5) is 22.7 Å². The van der Waals surface area contributed by atoms with Crippen molar-refractivity contribution < 1.29 is 27.1 Å². The second-order valence-corrected chi connectivity index (χ2v) is 37.6. The molecule has 0 unspecified atom stereocenters. The lowest BCUT2D eigenvalue weighted by atomic mass is 10.0. The molecule has 0 amide bonds. The minimum atomic E-state index is -0.107. The zero-order valence-electron chi connectivity index (χ0n) is 80.8. The molecule has 142 heavy (non-hydrogen) atoms. The average Bonchev–Trinajstić information content (AvgIpc) is 1.46. The first-order valence-electron chi connectivity index (χ1n) is 48.1. The molecule has 722 valence electrons. The van der Waals surface area contributed by atoms with Gasteiger partial charge in [0, 0.05) is 213 Å². The summed E-state index contributed by atoms with van der Waals surface area (Å²) in [6.07, 6.45) is 15.7. The van der Waals surface area contributed by atoms with Crippen LogP contribution in [0.25, 0.3) is 134 Å². The van der Waals surface area contributed by atoms with E-state index < -0.39 is 0 Å². The Labute approximate surface area is 815 Å². The molecule has 0 saturated carbocycles. The number of likely N-dealkylation sites (N-methyl/N-ethyl adjacent to an activating group) is 2. The number of nitrogens with zero attached hydrogens (tertiary/aromatic N) is 19. The zero-order valence-corrected chi connectivity index (χ0v) is 80.8. The van der Waals surface area contributed by atoms with Crippen LogP contribution in [-0.2, 0) is 0 Å². The summed E-state index contributed by atoms with van der Waals surface area (Å²) in [6.45, 7) is 22.3. The summed E-state index contributed by atoms with van der Waals surface area (Å²) in [6, 6.07) is 59.6. The smallest absolute Gasteiger partial charge is 0.258 e. The van der Waals surface area contributed by atoms with Gasteiger partial charge in [0.1, 0.15) is 44.7 Å². The highest BCUT2D eigenvalue weighted by molar-refractivity contribution is 5.84. The van der Waals surface area contributed by atoms with Crippen LogP contribution in [0.15, 0.2) is 267 Å². The Morgan fingerprint density at radius 3 is 1.20 bits per heavy atom. The number of anilines is 4. The fourth-order valence-corrected chi connectivity index (χ4v) is 19.9. The Morgan fingerprint density at radius 1 is 0.380 bits per heavy atom. The van der Waals surface area contributed by atoms with Gasteiger partial charge in [0.25, 0.3) is 27.8 Å². The van der Waals surface area contributed by atoms with Gasteiger partial charge in [-0.15, -0.1) is 0 Å². The third-order valence-electron chi connectivity index (χ3n) is 27.9. The van der Waals surface area contributed by atoms with Crippen molar-refractivity contribution in [1.29, 1.82) is 0 Å². The molecule has 33 nitrogen and oxygen atoms in total. The molecular weight excluding hydrogens is 1790 g/mol. The number of benzene rings is 5. The van der Waals surface area contributed by atoms with Gasteiger partial charge in [0.2, 0.25) is 0 Å². The Bertz CT molecular complexity index is 8240. The van der Waals surface area contributed by atoms with E-state index in [4.69, 9.17) is 47.8 Å². The van der Waals surface area contributed by atoms with Crippen LogP contribution in [0.2, 0.25) is 0 Å². The first-order chi connectivity index (χ1) is 68.8. The molecule has 0 bridgehead atoms. The van der Waals surface area contributed by atoms with Gasteiger partial charge in [-0.25, -0.2) is 39.9 Å². The molecule has 14 aromatic heterocycles. The van der Waals surface area contributed by atoms with E-state index in [0.717, 1.165) is 200 Å². The number of hydrogen-bond acceptors (Lipinski definition) is 28. The predicted molar refractivity (Wildman–Crippen MR) is 555 cm³/mol. The number of hydrogen-bond donors (Lipinski definition) is 3. The summed E-state index contributed by atoms with van der Waals surface area (Å²) in [7, 11) is 9.59. The Kier molecular flexibility index (Phi) is 25.5. The van der Waals surface area contributed by atoms with Crippen molar-refractivity contribution in [3.8, 4) is 67.7 Å². The van der Waals surface area contributed by atoms with Gasteiger partial charge < -0.3 is 72.9 Å². The summed E-state index contributed by atoms with van der Waals surface area (Å²) in [5.74, 6) is 5.20. The molecule has 25 rings (SSSR count). The number of piperazine rings is 1. The van der Waals surface area contributed by atoms with Crippen LogP contribution in [0, 0.1) is 39.5 Å². The standard InChI is InChI=1S/C22H21N5O2.2C22H23N5O2.C22H22N2O3.C21H21N5O2/c1-13-24-18-4-2-14(6-20(18)29-13)19-7-22(28)27-12-17(3-5-21(27)25-19)26-10-15-8-23-9-16(15)11-26;1-14-23-18-6-4-15(10-20(18)29-14)19-11-22(28)27-13-17(5-7-21(27)24-19)26-9-8-16(12-26)25(2)3;1-14-12-26(9-8-25(14)3)17-5-7-21-24-19(11-22(28)27(21)13-17)16-4-6-18-20(10-16)29-15(2)23-18;1-26-20-6-4-16(12-21(20)27-2)18-11-19-5-3-17(14-24(19)22(25)13-18)15-7-9-23-10-8-15;1-13-23-17-4-2-14(10-19(17)28-13)18-11-21(27)26-12-16(3-5-20(26)24-18)25-8-6-15(22)7-9-25/h2-7,12,15-16,23H,8-11H2,1H3;4-7,10-11,13,16H,8-9,12H2,1-3H3;4-7,10-11,13-14H,8-9,12H2,1-3H3;3-7,11-14,23H,8-10H2,1-2H3;2-5,10-12,15H,6-9,22H2,1H3/t15-,16+;16-;14-;;/m.01../s1. The number of fused-ring (bicyclic) bond motifs is 10. The van der Waals surface area contributed by atoms with Crippen molar-refractivity contribution in [3.63, 3.8) is 0 Å². The largest absolute Gasteiger partial charge is 0.493 e. The molecular formula is C109H110N22O11. The van der Waals surface area contributed by atoms with Crippen molar-refractivity contribution in [2.24, 2.45) is 17.6 Å². The number of rotatable bonds is 13. The number of nitrogens with two attached hydrogens (primary N) is 1. The molecule has 0 spiro atoms. The number of ether oxygens (including phenoxy) is 2. The first kappa shape index (κ1) is 92.5. The summed E-state index contributed by atoms with van der Waals surface area (Å²) in [5.41, 5.74) is 29.2. The van der Waals surface area contributed by atoms with Crippen LogP contribution in [0.3, 0.4) is 0 Å². The molecule has 5 saturated heterocycles. The molecule has 6 aliphatic heterocycles. The van der Waals surface area contributed by atoms with E-state index in [-0.39, 0.29) is 33.8 Å². The molecule has 4 atom stereocenters. The number of piperidine rings is 1. The fourth-order valence-electron chi connectivity index (χ4n) is 19.9. The van der Waals surface area contributed by atoms with Crippen LogP contribution in [-0.4, -0.2) is 210 Å². The van der Waals surface area contributed by atoms with E-state index in [1.54, 1.807) is 66.6 Å². The highest BCUT2D eigenvalue weighted by atomic mass is 16.5. The van der Waals surface area contributed by atoms with E-state index in [1.807, 2.05) is 204 Å². The Balaban J connectivity index is 0.000000105. The van der Waals surface area contributed by atoms with Crippen LogP contribution < -0.4 is 73.2 Å². The first-order valence-corrected chi connectivity index (χ1v) is 48.1. The number of aryl methyl sites for hydroxylation is 4. The number of aromatic nitrogens is 13. The van der Waals surface area contributed by atoms with E-state index in [0.29, 0.717) is 127 Å². The number of oxazole rings is 4. The lowest BCUT2D eigenvalue weighted by Gasteiger charge is -2.39. The minimum Gasteiger partial charge on any atom is -0.493 e. The maximum Gasteiger partial charge on any atom is 0.258 e. The van der Waals surface area contributed by atoms with Crippen LogP contribution >= 0.6 is 0 Å². The summed E-state index contributed by atoms with van der Waals surface area (Å²) in [5, 5.41) is 6.78. The van der Waals surface area contributed by atoms with Gasteiger partial charge in [-0.1, -0.05) is 42.5 Å². The van der Waals surface area contributed by atoms with Gasteiger partial charge in [-0.05, 0) is 216 Å². The SMILES string of the molecule is COc1ccc(-c2cc(=O)n3cc(C4=CCNCC4)ccc3c2)cc1OC.Cc1nc2ccc(-c3cc(=O)n4cc(N5CCC(N)CC5)ccc4n3)cc2o1.Cc1nc2ccc(-c3cc(=O)n4cc(N5CCN(C)[C@H](C)C5)ccc4n3)cc2o1.Cc1nc2ccc(-c3cc(=O)n4cc(N5CC[C@H](N(C)C)C5)ccc4n3)cc2o1.Cc1nc2ccc(-c3cc(=O)n4cc(N5C[C@H]6CNC[C@H]6C5)ccc4n3)cc2o1. The van der Waals surface area contributed by atoms with Gasteiger partial charge >= 0.3 is 0 Å². The second kappa shape index (κ2) is 39.1. The molecule has 33 heteroatoms. The molecule has 0 aliphatic carbocycles. The third-order valence-corrected chi connectivity index (χ3v) is 27.9. The Hall–Kier alpha value is -15.8. The van der Waals surface area contributed by atoms with Gasteiger partial charge in [0.15, 0.2) is 57.4 Å². The topological polar surface area (TPSA) is 351 Å². The maximum atomic E-state index is 12.9. The molecule has 5 fully saturated rings. The molecule has 0 radical (unpaired) electrons. The molecule has 19 aromatic rings. The highest BCUT2D eigenvalue weighted by Crippen LogP contribution is 2.37. The van der Waals surface area contributed by atoms with Crippen molar-refractivity contribution in [3.05, 3.63) is 306 Å². The van der Waals surface area contributed by atoms with Crippen molar-refractivity contribution in [2.45, 2.75) is 78.4 Å². The lowest BCUT2D eigenvalue weighted by molar-refractivity contribution is 0.234. The minimum absolute atomic E-state index is 0.0475. The van der Waals surface area contributed by atoms with Gasteiger partial charge in [-0.3, -0.25) is 46.0 Å². The maximum absolute atomic E-state index is 12.9. The predicted octanol–water partition coefficient (Wildman–Crippen LogP) is 14.5. The van der Waals surface area contributed by atoms with E-state index in [9.17, 15) is 24.0 Å². The molecule has 5 aromatic carbocycles. The van der Waals surface area contributed by atoms with Crippen molar-refractivity contribution in [1.82, 2.24) is 82.3 Å². The van der Waals surface area contributed by atoms with Crippen molar-refractivity contribution in [2.75, 3.05) is 140 Å². The molecule has 20 heterocycles. The molecule has 4 N–H and O–H groups in total. The fraction of sp³-hybridized carbons (Fsp3) is 0.294. The highest BCUT2D eigenvalue weighted by Gasteiger charge is 2.37. The lowest BCUT2D eigenvalue weighted by Crippen LogP contribution is -2.50. The van der Waals surface area contributed by atoms with Crippen LogP contribution in [0.1, 0.15) is 61.7 Å². The number of nitrogens with one attached hydrogen (secondary N) is 2. The van der Waals surface area contributed by atoms with Gasteiger partial charge in [-0.2, -0.15) is 0 Å². The third kappa shape index (κ3) is 19.3. The Morgan fingerprint density at radius 2 is 0.789 bits per heavy atom. The normalized spacial score (nSPS) is 17.3. The monoisotopic (exact) mass is 1900 g/mol. The van der Waals surface area contributed by atoms with Crippen LogP contribution in [0.5, 0.6) is 11.5 Å². The summed E-state index contributed by atoms with van der Waals surface area (Å²) >= 11 is 0. The molecule has 6 aliphatic rings. The van der Waals surface area contributed by atoms with E-state index >= 15 is 0 Å². The van der Waals surface area contributed by atoms with E-state index in [1.165, 1.54) is 5.57 Å². The van der Waals surface area contributed by atoms with Crippen molar-refractivity contribution >= 4 is 101 Å². The number of pyridine rings is 6. The zero-order chi connectivity index (χ0) is 97.8. The average molecular weight is 1900 g/mol. The summed E-state index contributed by atoms with van der Waals surface area (Å²) in [4.78, 5) is 114. The second-order valence-electron chi connectivity index (χ2n) is 37.6. The van der Waals surface area contributed by atoms with E-state index in [2.05, 4.69) is 111 Å².